The fourth-order valence-electron chi connectivity index (χ4n) is 4.18. The molecule has 2 aliphatic rings. The van der Waals surface area contributed by atoms with Crippen LogP contribution < -0.4 is 0 Å². The van der Waals surface area contributed by atoms with E-state index in [-0.39, 0.29) is 6.47 Å². The van der Waals surface area contributed by atoms with Gasteiger partial charge >= 0.3 is 0 Å². The van der Waals surface area contributed by atoms with Gasteiger partial charge in [0.2, 0.25) is 0 Å². The Hall–Kier alpha value is -1.39. The maximum absolute atomic E-state index is 8.36. The van der Waals surface area contributed by atoms with Crippen LogP contribution in [0.4, 0.5) is 0 Å². The molecule has 0 radical (unpaired) electrons. The smallest absolute Gasteiger partial charge is 0.290 e. The molecule has 4 heteroatoms. The van der Waals surface area contributed by atoms with Crippen molar-refractivity contribution in [2.75, 3.05) is 20.2 Å². The van der Waals surface area contributed by atoms with Crippen molar-refractivity contribution in [1.82, 2.24) is 4.90 Å². The molecule has 3 rings (SSSR count). The lowest BCUT2D eigenvalue weighted by atomic mass is 9.76. The fourth-order valence-corrected chi connectivity index (χ4v) is 4.18. The molecular formula is C18H27NO3. The Morgan fingerprint density at radius 2 is 2.00 bits per heavy atom. The number of hydrogen-bond acceptors (Lipinski definition) is 3. The predicted octanol–water partition coefficient (Wildman–Crippen LogP) is 3.17. The number of piperidine rings is 1. The first-order valence-electron chi connectivity index (χ1n) is 8.11. The Bertz CT molecular complexity index is 451. The molecule has 1 saturated carbocycles. The van der Waals surface area contributed by atoms with Gasteiger partial charge in [0.15, 0.2) is 0 Å². The summed E-state index contributed by atoms with van der Waals surface area (Å²) in [4.78, 5) is 11.0. The summed E-state index contributed by atoms with van der Waals surface area (Å²) in [6.45, 7) is 3.31. The first kappa shape index (κ1) is 17.0. The van der Waals surface area contributed by atoms with Crippen LogP contribution in [0.3, 0.4) is 0 Å². The van der Waals surface area contributed by atoms with Gasteiger partial charge in [-0.3, -0.25) is 9.69 Å². The zero-order valence-electron chi connectivity index (χ0n) is 13.4. The molecule has 0 amide bonds. The van der Waals surface area contributed by atoms with Crippen molar-refractivity contribution in [1.29, 1.82) is 0 Å². The molecule has 2 fully saturated rings. The number of hydrogen-bond donors (Lipinski definition) is 1. The number of rotatable bonds is 3. The summed E-state index contributed by atoms with van der Waals surface area (Å²) in [6, 6.07) is 10.9. The van der Waals surface area contributed by atoms with Gasteiger partial charge in [-0.1, -0.05) is 36.8 Å². The van der Waals surface area contributed by atoms with E-state index in [4.69, 9.17) is 14.6 Å². The highest BCUT2D eigenvalue weighted by Gasteiger charge is 2.45. The van der Waals surface area contributed by atoms with Crippen LogP contribution >= 0.6 is 0 Å². The minimum atomic E-state index is -0.250. The first-order valence-corrected chi connectivity index (χ1v) is 8.11. The minimum absolute atomic E-state index is 0.250. The Labute approximate surface area is 133 Å². The number of nitrogens with zero attached hydrogens (tertiary/aromatic N) is 1. The number of benzene rings is 1. The second-order valence-corrected chi connectivity index (χ2v) is 6.38. The zero-order chi connectivity index (χ0) is 15.8. The number of carbonyl (C=O) groups is 1. The summed E-state index contributed by atoms with van der Waals surface area (Å²) in [5.74, 6) is 0. The van der Waals surface area contributed by atoms with Gasteiger partial charge in [0.25, 0.3) is 6.47 Å². The van der Waals surface area contributed by atoms with Crippen LogP contribution in [0.5, 0.6) is 0 Å². The normalized spacial score (nSPS) is 28.1. The highest BCUT2D eigenvalue weighted by atomic mass is 16.5. The summed E-state index contributed by atoms with van der Waals surface area (Å²) in [5.41, 5.74) is 1.88. The van der Waals surface area contributed by atoms with Gasteiger partial charge in [0.1, 0.15) is 0 Å². The van der Waals surface area contributed by atoms with Crippen molar-refractivity contribution >= 4 is 6.47 Å². The lowest BCUT2D eigenvalue weighted by Gasteiger charge is -2.43. The summed E-state index contributed by atoms with van der Waals surface area (Å²) in [5, 5.41) is 6.89. The molecule has 0 unspecified atom stereocenters. The number of methoxy groups -OCH3 is 1. The fraction of sp³-hybridized carbons (Fsp3) is 0.611. The molecule has 4 nitrogen and oxygen atoms in total. The molecule has 1 aliphatic heterocycles. The van der Waals surface area contributed by atoms with Gasteiger partial charge in [-0.2, -0.15) is 0 Å². The molecule has 1 aromatic carbocycles. The van der Waals surface area contributed by atoms with E-state index in [1.165, 1.54) is 50.8 Å². The van der Waals surface area contributed by atoms with E-state index in [1.807, 2.05) is 7.11 Å². The Morgan fingerprint density at radius 3 is 2.68 bits per heavy atom. The molecule has 122 valence electrons. The second kappa shape index (κ2) is 8.30. The maximum Gasteiger partial charge on any atom is 0.290 e. The third-order valence-corrected chi connectivity index (χ3v) is 5.05. The van der Waals surface area contributed by atoms with E-state index in [9.17, 15) is 0 Å². The van der Waals surface area contributed by atoms with Gasteiger partial charge in [-0.25, -0.2) is 0 Å². The van der Waals surface area contributed by atoms with Crippen molar-refractivity contribution in [3.8, 4) is 0 Å². The average molecular weight is 305 g/mol. The van der Waals surface area contributed by atoms with Crippen molar-refractivity contribution in [3.05, 3.63) is 35.9 Å². The Morgan fingerprint density at radius 1 is 1.32 bits per heavy atom. The van der Waals surface area contributed by atoms with E-state index in [2.05, 4.69) is 35.2 Å². The SMILES string of the molecule is CO[C@@H]1CCC[C@]12CCCN(Cc1ccccc1)C2.O=CO. The van der Waals surface area contributed by atoms with Crippen molar-refractivity contribution in [3.63, 3.8) is 0 Å². The summed E-state index contributed by atoms with van der Waals surface area (Å²) in [7, 11) is 1.90. The Kier molecular flexibility index (Phi) is 6.40. The first-order chi connectivity index (χ1) is 10.7. The van der Waals surface area contributed by atoms with Crippen LogP contribution in [-0.2, 0) is 16.1 Å². The summed E-state index contributed by atoms with van der Waals surface area (Å²) < 4.78 is 5.78. The Balaban J connectivity index is 0.000000545. The maximum atomic E-state index is 8.36. The van der Waals surface area contributed by atoms with E-state index in [1.54, 1.807) is 0 Å². The van der Waals surface area contributed by atoms with Gasteiger partial charge in [0.05, 0.1) is 6.10 Å². The summed E-state index contributed by atoms with van der Waals surface area (Å²) in [6.07, 6.45) is 7.14. The van der Waals surface area contributed by atoms with E-state index in [0.717, 1.165) is 6.54 Å². The van der Waals surface area contributed by atoms with Crippen molar-refractivity contribution < 1.29 is 14.6 Å². The van der Waals surface area contributed by atoms with E-state index in [0.29, 0.717) is 11.5 Å². The standard InChI is InChI=1S/C17H25NO.CH2O2/c1-19-16-9-5-10-17(16)11-6-12-18(14-17)13-15-7-3-2-4-8-15;2-1-3/h2-4,7-8,16H,5-6,9-14H2,1H3;1H,(H,2,3)/t16-,17-;/m1./s1. The molecule has 1 heterocycles. The second-order valence-electron chi connectivity index (χ2n) is 6.38. The van der Waals surface area contributed by atoms with Gasteiger partial charge in [-0.05, 0) is 37.8 Å². The molecule has 0 aromatic heterocycles. The lowest BCUT2D eigenvalue weighted by Crippen LogP contribution is -2.47. The molecule has 0 bridgehead atoms. The number of ether oxygens (including phenoxy) is 1. The zero-order valence-corrected chi connectivity index (χ0v) is 13.4. The minimum Gasteiger partial charge on any atom is -0.483 e. The van der Waals surface area contributed by atoms with Crippen molar-refractivity contribution in [2.24, 2.45) is 5.41 Å². The third kappa shape index (κ3) is 4.08. The molecule has 1 aliphatic carbocycles. The molecule has 22 heavy (non-hydrogen) atoms. The molecular weight excluding hydrogens is 278 g/mol. The molecule has 1 N–H and O–H groups in total. The predicted molar refractivity (Wildman–Crippen MR) is 86.7 cm³/mol. The number of carboxylic acid groups (broad SMARTS) is 1. The summed E-state index contributed by atoms with van der Waals surface area (Å²) >= 11 is 0. The van der Waals surface area contributed by atoms with Gasteiger partial charge in [0, 0.05) is 25.6 Å². The average Bonchev–Trinajstić information content (AvgIpc) is 2.91. The highest BCUT2D eigenvalue weighted by Crippen LogP contribution is 2.46. The van der Waals surface area contributed by atoms with Gasteiger partial charge < -0.3 is 9.84 Å². The monoisotopic (exact) mass is 305 g/mol. The lowest BCUT2D eigenvalue weighted by molar-refractivity contribution is -0.122. The third-order valence-electron chi connectivity index (χ3n) is 5.05. The van der Waals surface area contributed by atoms with Gasteiger partial charge in [-0.15, -0.1) is 0 Å². The largest absolute Gasteiger partial charge is 0.483 e. The molecule has 1 saturated heterocycles. The van der Waals surface area contributed by atoms with Crippen LogP contribution in [0.2, 0.25) is 0 Å². The molecule has 1 spiro atoms. The topological polar surface area (TPSA) is 49.8 Å². The van der Waals surface area contributed by atoms with Crippen LogP contribution in [0.1, 0.15) is 37.7 Å². The van der Waals surface area contributed by atoms with Crippen LogP contribution in [0, 0.1) is 5.41 Å². The number of likely N-dealkylation sites (tertiary alicyclic amines) is 1. The van der Waals surface area contributed by atoms with Crippen LogP contribution in [-0.4, -0.2) is 42.8 Å². The van der Waals surface area contributed by atoms with Crippen LogP contribution in [0.25, 0.3) is 0 Å². The van der Waals surface area contributed by atoms with E-state index >= 15 is 0 Å². The highest BCUT2D eigenvalue weighted by molar-refractivity contribution is 5.32. The molecule has 2 atom stereocenters. The quantitative estimate of drug-likeness (QED) is 0.872. The van der Waals surface area contributed by atoms with Crippen molar-refractivity contribution in [2.45, 2.75) is 44.8 Å². The van der Waals surface area contributed by atoms with Crippen LogP contribution in [0.15, 0.2) is 30.3 Å². The van der Waals surface area contributed by atoms with E-state index < -0.39 is 0 Å². The molecule has 1 aromatic rings.